The van der Waals surface area contributed by atoms with Crippen LogP contribution in [-0.4, -0.2) is 25.0 Å². The van der Waals surface area contributed by atoms with Crippen molar-refractivity contribution >= 4 is 5.78 Å². The van der Waals surface area contributed by atoms with E-state index < -0.39 is 5.41 Å². The Morgan fingerprint density at radius 2 is 2.18 bits per heavy atom. The first kappa shape index (κ1) is 12.3. The summed E-state index contributed by atoms with van der Waals surface area (Å²) in [7, 11) is 0. The van der Waals surface area contributed by atoms with Crippen LogP contribution in [0.25, 0.3) is 0 Å². The van der Waals surface area contributed by atoms with Crippen molar-refractivity contribution in [2.24, 2.45) is 11.1 Å². The third-order valence-electron chi connectivity index (χ3n) is 3.66. The van der Waals surface area contributed by atoms with E-state index in [2.05, 4.69) is 0 Å². The van der Waals surface area contributed by atoms with Gasteiger partial charge in [0.2, 0.25) is 0 Å². The Morgan fingerprint density at radius 3 is 2.71 bits per heavy atom. The molecule has 0 aliphatic carbocycles. The van der Waals surface area contributed by atoms with E-state index in [0.29, 0.717) is 13.2 Å². The van der Waals surface area contributed by atoms with Crippen molar-refractivity contribution in [3.05, 3.63) is 34.9 Å². The Morgan fingerprint density at radius 1 is 1.47 bits per heavy atom. The van der Waals surface area contributed by atoms with Crippen molar-refractivity contribution in [3.63, 3.8) is 0 Å². The summed E-state index contributed by atoms with van der Waals surface area (Å²) >= 11 is 0. The van der Waals surface area contributed by atoms with Gasteiger partial charge in [-0.3, -0.25) is 4.79 Å². The minimum Gasteiger partial charge on any atom is -0.379 e. The minimum atomic E-state index is -0.583. The Labute approximate surface area is 102 Å². The van der Waals surface area contributed by atoms with Crippen LogP contribution < -0.4 is 5.73 Å². The fourth-order valence-electron chi connectivity index (χ4n) is 2.30. The Kier molecular flexibility index (Phi) is 3.06. The molecule has 1 aliphatic heterocycles. The van der Waals surface area contributed by atoms with Gasteiger partial charge in [-0.2, -0.15) is 0 Å². The predicted molar refractivity (Wildman–Crippen MR) is 67.1 cm³/mol. The minimum absolute atomic E-state index is 0.0972. The lowest BCUT2D eigenvalue weighted by molar-refractivity contribution is 0.0767. The maximum absolute atomic E-state index is 12.6. The molecule has 1 saturated heterocycles. The van der Waals surface area contributed by atoms with E-state index in [1.807, 2.05) is 39.0 Å². The summed E-state index contributed by atoms with van der Waals surface area (Å²) in [6.07, 6.45) is 0. The molecule has 0 radical (unpaired) electrons. The highest BCUT2D eigenvalue weighted by atomic mass is 16.5. The van der Waals surface area contributed by atoms with Gasteiger partial charge in [-0.15, -0.1) is 0 Å². The van der Waals surface area contributed by atoms with Crippen molar-refractivity contribution in [1.29, 1.82) is 0 Å². The monoisotopic (exact) mass is 233 g/mol. The molecular weight excluding hydrogens is 214 g/mol. The molecule has 92 valence electrons. The molecule has 0 aromatic heterocycles. The number of hydrogen-bond acceptors (Lipinski definition) is 3. The zero-order valence-electron chi connectivity index (χ0n) is 10.6. The lowest BCUT2D eigenvalue weighted by Crippen LogP contribution is -2.44. The van der Waals surface area contributed by atoms with Crippen LogP contribution in [0.15, 0.2) is 18.2 Å². The van der Waals surface area contributed by atoms with Gasteiger partial charge >= 0.3 is 0 Å². The van der Waals surface area contributed by atoms with E-state index in [4.69, 9.17) is 10.5 Å². The molecule has 3 nitrogen and oxygen atoms in total. The summed E-state index contributed by atoms with van der Waals surface area (Å²) in [5.74, 6) is 0.0972. The third kappa shape index (κ3) is 2.01. The van der Waals surface area contributed by atoms with Crippen molar-refractivity contribution in [1.82, 2.24) is 0 Å². The molecule has 1 heterocycles. The Balaban J connectivity index is 2.37. The van der Waals surface area contributed by atoms with Gasteiger partial charge in [0.05, 0.1) is 18.6 Å². The number of carbonyl (C=O) groups is 1. The molecule has 2 rings (SSSR count). The second-order valence-electron chi connectivity index (χ2n) is 5.19. The molecule has 0 amide bonds. The van der Waals surface area contributed by atoms with Gasteiger partial charge in [0.1, 0.15) is 0 Å². The number of hydrogen-bond donors (Lipinski definition) is 1. The zero-order chi connectivity index (χ0) is 12.6. The molecule has 2 unspecified atom stereocenters. The molecule has 3 heteroatoms. The summed E-state index contributed by atoms with van der Waals surface area (Å²) < 4.78 is 5.33. The fraction of sp³-hybridized carbons (Fsp3) is 0.500. The van der Waals surface area contributed by atoms with Crippen molar-refractivity contribution in [2.45, 2.75) is 26.8 Å². The van der Waals surface area contributed by atoms with Gasteiger partial charge in [-0.25, -0.2) is 0 Å². The van der Waals surface area contributed by atoms with Crippen LogP contribution >= 0.6 is 0 Å². The smallest absolute Gasteiger partial charge is 0.172 e. The van der Waals surface area contributed by atoms with E-state index >= 15 is 0 Å². The highest BCUT2D eigenvalue weighted by Gasteiger charge is 2.44. The van der Waals surface area contributed by atoms with Gasteiger partial charge in [-0.05, 0) is 26.3 Å². The molecule has 1 fully saturated rings. The largest absolute Gasteiger partial charge is 0.379 e. The summed E-state index contributed by atoms with van der Waals surface area (Å²) in [6, 6.07) is 5.67. The maximum atomic E-state index is 12.6. The average Bonchev–Trinajstić information content (AvgIpc) is 2.60. The molecule has 1 aliphatic rings. The molecular formula is C14H19NO2. The van der Waals surface area contributed by atoms with E-state index in [0.717, 1.165) is 16.7 Å². The molecule has 1 aromatic rings. The van der Waals surface area contributed by atoms with Gasteiger partial charge in [0.15, 0.2) is 5.78 Å². The van der Waals surface area contributed by atoms with Gasteiger partial charge < -0.3 is 10.5 Å². The maximum Gasteiger partial charge on any atom is 0.172 e. The first-order valence-electron chi connectivity index (χ1n) is 5.90. The number of ketones is 1. The first-order chi connectivity index (χ1) is 7.95. The highest BCUT2D eigenvalue weighted by molar-refractivity contribution is 6.02. The Bertz CT molecular complexity index is 456. The molecule has 17 heavy (non-hydrogen) atoms. The SMILES string of the molecule is Cc1ccc(C(=O)C2(C)COCC2N)c(C)c1. The topological polar surface area (TPSA) is 52.3 Å². The molecule has 1 aromatic carbocycles. The normalized spacial score (nSPS) is 28.4. The summed E-state index contributed by atoms with van der Waals surface area (Å²) in [6.45, 7) is 6.76. The molecule has 2 N–H and O–H groups in total. The highest BCUT2D eigenvalue weighted by Crippen LogP contribution is 2.32. The van der Waals surface area contributed by atoms with E-state index in [9.17, 15) is 4.79 Å². The first-order valence-corrected chi connectivity index (χ1v) is 5.90. The van der Waals surface area contributed by atoms with Crippen LogP contribution in [0.3, 0.4) is 0 Å². The zero-order valence-corrected chi connectivity index (χ0v) is 10.6. The number of carbonyl (C=O) groups excluding carboxylic acids is 1. The van der Waals surface area contributed by atoms with E-state index in [-0.39, 0.29) is 11.8 Å². The predicted octanol–water partition coefficient (Wildman–Crippen LogP) is 1.85. The Hall–Kier alpha value is -1.19. The average molecular weight is 233 g/mol. The van der Waals surface area contributed by atoms with Gasteiger partial charge in [0, 0.05) is 11.6 Å². The van der Waals surface area contributed by atoms with Crippen LogP contribution in [-0.2, 0) is 4.74 Å². The quantitative estimate of drug-likeness (QED) is 0.793. The van der Waals surface area contributed by atoms with Crippen molar-refractivity contribution in [3.8, 4) is 0 Å². The number of nitrogens with two attached hydrogens (primary N) is 1. The van der Waals surface area contributed by atoms with Crippen LogP contribution in [0.4, 0.5) is 0 Å². The fourth-order valence-corrected chi connectivity index (χ4v) is 2.30. The number of aryl methyl sites for hydroxylation is 2. The third-order valence-corrected chi connectivity index (χ3v) is 3.66. The van der Waals surface area contributed by atoms with E-state index in [1.54, 1.807) is 0 Å². The molecule has 0 saturated carbocycles. The van der Waals surface area contributed by atoms with E-state index in [1.165, 1.54) is 0 Å². The molecule has 0 bridgehead atoms. The number of benzene rings is 1. The summed E-state index contributed by atoms with van der Waals surface area (Å²) in [5.41, 5.74) is 8.34. The lowest BCUT2D eigenvalue weighted by Gasteiger charge is -2.26. The van der Waals surface area contributed by atoms with Crippen LogP contribution in [0, 0.1) is 19.3 Å². The molecule has 2 atom stereocenters. The van der Waals surface area contributed by atoms with Crippen LogP contribution in [0.2, 0.25) is 0 Å². The van der Waals surface area contributed by atoms with Crippen molar-refractivity contribution < 1.29 is 9.53 Å². The van der Waals surface area contributed by atoms with Crippen LogP contribution in [0.5, 0.6) is 0 Å². The number of ether oxygens (including phenoxy) is 1. The molecule has 0 spiro atoms. The summed E-state index contributed by atoms with van der Waals surface area (Å²) in [5, 5.41) is 0. The standard InChI is InChI=1S/C14H19NO2/c1-9-4-5-11(10(2)6-9)13(16)14(3)8-17-7-12(14)15/h4-6,12H,7-8,15H2,1-3H3. The summed E-state index contributed by atoms with van der Waals surface area (Å²) in [4.78, 5) is 12.6. The second-order valence-corrected chi connectivity index (χ2v) is 5.19. The lowest BCUT2D eigenvalue weighted by atomic mass is 9.77. The number of rotatable bonds is 2. The number of Topliss-reactive ketones (excluding diaryl/α,β-unsaturated/α-hetero) is 1. The van der Waals surface area contributed by atoms with Gasteiger partial charge in [-0.1, -0.05) is 23.8 Å². The second kappa shape index (κ2) is 4.24. The van der Waals surface area contributed by atoms with Crippen LogP contribution in [0.1, 0.15) is 28.4 Å². The van der Waals surface area contributed by atoms with Gasteiger partial charge in [0.25, 0.3) is 0 Å². The van der Waals surface area contributed by atoms with Crippen molar-refractivity contribution in [2.75, 3.05) is 13.2 Å².